The number of hydrogen-bond donors (Lipinski definition) is 0. The van der Waals surface area contributed by atoms with Crippen LogP contribution in [0.3, 0.4) is 0 Å². The molecule has 0 saturated carbocycles. The first-order valence-electron chi connectivity index (χ1n) is 5.85. The van der Waals surface area contributed by atoms with Gasteiger partial charge in [-0.05, 0) is 18.6 Å². The van der Waals surface area contributed by atoms with Gasteiger partial charge in [0.1, 0.15) is 12.0 Å². The van der Waals surface area contributed by atoms with Gasteiger partial charge in [-0.2, -0.15) is 0 Å². The molecule has 0 unspecified atom stereocenters. The van der Waals surface area contributed by atoms with E-state index >= 15 is 0 Å². The number of para-hydroxylation sites is 1. The predicted octanol–water partition coefficient (Wildman–Crippen LogP) is 1.82. The number of carbonyl (C=O) groups excluding carboxylic acids is 2. The fourth-order valence-electron chi connectivity index (χ4n) is 2.67. The summed E-state index contributed by atoms with van der Waals surface area (Å²) in [5.74, 6) is -0.788. The maximum atomic E-state index is 12.3. The molecule has 3 rings (SSSR count). The first-order chi connectivity index (χ1) is 8.59. The van der Waals surface area contributed by atoms with Crippen molar-refractivity contribution < 1.29 is 14.3 Å². The van der Waals surface area contributed by atoms with Crippen LogP contribution >= 0.6 is 0 Å². The van der Waals surface area contributed by atoms with Crippen molar-refractivity contribution in [1.29, 1.82) is 0 Å². The molecule has 0 saturated heterocycles. The molecule has 0 fully saturated rings. The van der Waals surface area contributed by atoms with E-state index in [1.807, 2.05) is 24.3 Å². The van der Waals surface area contributed by atoms with Crippen LogP contribution in [0.25, 0.3) is 0 Å². The smallest absolute Gasteiger partial charge is 0.331 e. The van der Waals surface area contributed by atoms with Crippen molar-refractivity contribution in [1.82, 2.24) is 0 Å². The molecule has 18 heavy (non-hydrogen) atoms. The first-order valence-corrected chi connectivity index (χ1v) is 5.85. The van der Waals surface area contributed by atoms with Crippen molar-refractivity contribution in [2.45, 2.75) is 13.0 Å². The Labute approximate surface area is 105 Å². The summed E-state index contributed by atoms with van der Waals surface area (Å²) in [6.07, 6.45) is 0.920. The molecule has 1 aromatic rings. The zero-order valence-corrected chi connectivity index (χ0v) is 10.2. The third kappa shape index (κ3) is 1.38. The van der Waals surface area contributed by atoms with Gasteiger partial charge in [0.05, 0.1) is 5.69 Å². The van der Waals surface area contributed by atoms with E-state index in [1.54, 1.807) is 18.9 Å². The van der Waals surface area contributed by atoms with E-state index in [-0.39, 0.29) is 17.8 Å². The summed E-state index contributed by atoms with van der Waals surface area (Å²) >= 11 is 0. The summed E-state index contributed by atoms with van der Waals surface area (Å²) in [4.78, 5) is 25.5. The van der Waals surface area contributed by atoms with Gasteiger partial charge in [0, 0.05) is 18.7 Å². The molecule has 4 nitrogen and oxygen atoms in total. The predicted molar refractivity (Wildman–Crippen MR) is 65.9 cm³/mol. The lowest BCUT2D eigenvalue weighted by Crippen LogP contribution is -2.44. The van der Waals surface area contributed by atoms with Crippen LogP contribution < -0.4 is 4.90 Å². The average molecular weight is 243 g/mol. The number of ether oxygens (including phenoxy) is 1. The molecule has 2 aliphatic rings. The molecule has 0 spiro atoms. The minimum atomic E-state index is -0.484. The summed E-state index contributed by atoms with van der Waals surface area (Å²) in [5, 5.41) is 0. The molecule has 0 N–H and O–H groups in total. The third-order valence-electron chi connectivity index (χ3n) is 3.58. The fourth-order valence-corrected chi connectivity index (χ4v) is 2.67. The molecule has 92 valence electrons. The van der Waals surface area contributed by atoms with E-state index < -0.39 is 6.10 Å². The molecular weight excluding hydrogens is 230 g/mol. The topological polar surface area (TPSA) is 46.6 Å². The number of amides is 1. The number of fused-ring (bicyclic) bond motifs is 3. The van der Waals surface area contributed by atoms with Gasteiger partial charge in [-0.1, -0.05) is 18.2 Å². The highest BCUT2D eigenvalue weighted by Crippen LogP contribution is 2.44. The van der Waals surface area contributed by atoms with Gasteiger partial charge in [0.25, 0.3) is 0 Å². The molecule has 0 bridgehead atoms. The standard InChI is InChI=1S/C14H13NO3/c1-8-7-11(16)18-13-9-5-3-4-6-10(9)15(2)14(17)12(8)13/h3-7,12-13H,1-2H3/t12-,13-/m1/s1. The van der Waals surface area contributed by atoms with Crippen molar-refractivity contribution in [3.63, 3.8) is 0 Å². The SMILES string of the molecule is CC1=CC(=O)O[C@@H]2c3ccccc3N(C)C(=O)[C@H]12. The van der Waals surface area contributed by atoms with Gasteiger partial charge in [-0.3, -0.25) is 4.79 Å². The largest absolute Gasteiger partial charge is 0.453 e. The molecule has 2 atom stereocenters. The molecular formula is C14H13NO3. The number of benzene rings is 1. The third-order valence-corrected chi connectivity index (χ3v) is 3.58. The molecule has 1 amide bonds. The van der Waals surface area contributed by atoms with Crippen molar-refractivity contribution in [2.24, 2.45) is 5.92 Å². The number of esters is 1. The summed E-state index contributed by atoms with van der Waals surface area (Å²) < 4.78 is 5.34. The second kappa shape index (κ2) is 3.70. The highest BCUT2D eigenvalue weighted by atomic mass is 16.5. The number of carbonyl (C=O) groups is 2. The van der Waals surface area contributed by atoms with Crippen LogP contribution in [0.15, 0.2) is 35.9 Å². The lowest BCUT2D eigenvalue weighted by atomic mass is 9.82. The number of nitrogens with zero attached hydrogens (tertiary/aromatic N) is 1. The maximum Gasteiger partial charge on any atom is 0.331 e. The van der Waals surface area contributed by atoms with Crippen molar-refractivity contribution in [2.75, 3.05) is 11.9 Å². The van der Waals surface area contributed by atoms with Gasteiger partial charge in [-0.25, -0.2) is 4.79 Å². The average Bonchev–Trinajstić information content (AvgIpc) is 2.35. The Hall–Kier alpha value is -2.10. The van der Waals surface area contributed by atoms with Crippen LogP contribution in [0.4, 0.5) is 5.69 Å². The van der Waals surface area contributed by atoms with Crippen LogP contribution in [0, 0.1) is 5.92 Å². The summed E-state index contributed by atoms with van der Waals surface area (Å²) in [7, 11) is 1.75. The van der Waals surface area contributed by atoms with Crippen LogP contribution in [0.1, 0.15) is 18.6 Å². The molecule has 0 aromatic heterocycles. The molecule has 0 radical (unpaired) electrons. The van der Waals surface area contributed by atoms with E-state index in [4.69, 9.17) is 4.74 Å². The lowest BCUT2D eigenvalue weighted by Gasteiger charge is -2.39. The van der Waals surface area contributed by atoms with Crippen molar-refractivity contribution >= 4 is 17.6 Å². The zero-order valence-electron chi connectivity index (χ0n) is 10.2. The van der Waals surface area contributed by atoms with E-state index in [1.165, 1.54) is 6.08 Å². The quantitative estimate of drug-likeness (QED) is 0.653. The monoisotopic (exact) mass is 243 g/mol. The van der Waals surface area contributed by atoms with Crippen LogP contribution in [0.5, 0.6) is 0 Å². The van der Waals surface area contributed by atoms with Crippen LogP contribution in [0.2, 0.25) is 0 Å². The highest BCUT2D eigenvalue weighted by Gasteiger charge is 2.44. The van der Waals surface area contributed by atoms with Crippen LogP contribution in [-0.2, 0) is 14.3 Å². The molecule has 4 heteroatoms. The molecule has 1 aromatic carbocycles. The Morgan fingerprint density at radius 3 is 2.72 bits per heavy atom. The van der Waals surface area contributed by atoms with Gasteiger partial charge >= 0.3 is 5.97 Å². The Morgan fingerprint density at radius 2 is 1.94 bits per heavy atom. The van der Waals surface area contributed by atoms with Gasteiger partial charge < -0.3 is 9.64 Å². The lowest BCUT2D eigenvalue weighted by molar-refractivity contribution is -0.150. The van der Waals surface area contributed by atoms with E-state index in [9.17, 15) is 9.59 Å². The normalized spacial score (nSPS) is 26.1. The Morgan fingerprint density at radius 1 is 1.22 bits per heavy atom. The molecule has 0 aliphatic carbocycles. The number of rotatable bonds is 0. The van der Waals surface area contributed by atoms with Gasteiger partial charge in [0.2, 0.25) is 5.91 Å². The molecule has 2 aliphatic heterocycles. The Balaban J connectivity index is 2.20. The number of hydrogen-bond acceptors (Lipinski definition) is 3. The highest BCUT2D eigenvalue weighted by molar-refractivity contribution is 6.02. The van der Waals surface area contributed by atoms with E-state index in [0.29, 0.717) is 0 Å². The van der Waals surface area contributed by atoms with Crippen molar-refractivity contribution in [3.8, 4) is 0 Å². The minimum Gasteiger partial charge on any atom is -0.453 e. The van der Waals surface area contributed by atoms with E-state index in [2.05, 4.69) is 0 Å². The van der Waals surface area contributed by atoms with E-state index in [0.717, 1.165) is 16.8 Å². The zero-order chi connectivity index (χ0) is 12.9. The number of anilines is 1. The summed E-state index contributed by atoms with van der Waals surface area (Å²) in [5.41, 5.74) is 2.47. The van der Waals surface area contributed by atoms with Crippen LogP contribution in [-0.4, -0.2) is 18.9 Å². The second-order valence-corrected chi connectivity index (χ2v) is 4.68. The maximum absolute atomic E-state index is 12.3. The second-order valence-electron chi connectivity index (χ2n) is 4.68. The van der Waals surface area contributed by atoms with Gasteiger partial charge in [-0.15, -0.1) is 0 Å². The summed E-state index contributed by atoms with van der Waals surface area (Å²) in [6, 6.07) is 7.53. The molecule has 2 heterocycles. The Kier molecular flexibility index (Phi) is 2.26. The Bertz CT molecular complexity index is 576. The minimum absolute atomic E-state index is 0.0278. The first kappa shape index (κ1) is 11.0. The van der Waals surface area contributed by atoms with Gasteiger partial charge in [0.15, 0.2) is 0 Å². The fraction of sp³-hybridized carbons (Fsp3) is 0.286. The summed E-state index contributed by atoms with van der Waals surface area (Å²) in [6.45, 7) is 1.80. The van der Waals surface area contributed by atoms with Crippen molar-refractivity contribution in [3.05, 3.63) is 41.5 Å².